The van der Waals surface area contributed by atoms with E-state index in [0.29, 0.717) is 24.6 Å². The molecule has 1 fully saturated rings. The van der Waals surface area contributed by atoms with Crippen molar-refractivity contribution in [3.63, 3.8) is 0 Å². The maximum atomic E-state index is 11.3. The molecule has 0 amide bonds. The normalized spacial score (nSPS) is 14.9. The second-order valence-corrected chi connectivity index (χ2v) is 7.65. The van der Waals surface area contributed by atoms with Crippen molar-refractivity contribution in [1.29, 1.82) is 0 Å². The maximum Gasteiger partial charge on any atom is 0.343 e. The second kappa shape index (κ2) is 11.6. The number of likely N-dealkylation sites (tertiary alicyclic amines) is 1. The predicted molar refractivity (Wildman–Crippen MR) is 112 cm³/mol. The van der Waals surface area contributed by atoms with Gasteiger partial charge in [0.1, 0.15) is 0 Å². The highest BCUT2D eigenvalue weighted by atomic mass is 35.5. The number of nitrogens with zero attached hydrogens (tertiary/aromatic N) is 3. The summed E-state index contributed by atoms with van der Waals surface area (Å²) in [6.07, 6.45) is 4.30. The minimum atomic E-state index is -1.16. The topological polar surface area (TPSA) is 104 Å². The highest BCUT2D eigenvalue weighted by Crippen LogP contribution is 2.25. The van der Waals surface area contributed by atoms with Gasteiger partial charge in [-0.25, -0.2) is 4.79 Å². The molecule has 0 saturated carbocycles. The standard InChI is InChI=1S/C21H24ClN3O6/c22-17-7-5-16(6-8-17)19-3-1-11-23-20(19)15-29-18-9-13-24(14-10-18)12-2-4-21(26)30-31-25(27)28/h1,3,5-8,11,18H,2,4,9-10,12-15H2. The number of pyridine rings is 1. The monoisotopic (exact) mass is 449 g/mol. The summed E-state index contributed by atoms with van der Waals surface area (Å²) in [5, 5.41) is 9.51. The van der Waals surface area contributed by atoms with Gasteiger partial charge in [0.25, 0.3) is 0 Å². The SMILES string of the molecule is O=C(CCCN1CCC(OCc2ncccc2-c2ccc(Cl)cc2)CC1)OO[N+](=O)[O-]. The zero-order valence-corrected chi connectivity index (χ0v) is 17.7. The van der Waals surface area contributed by atoms with Crippen LogP contribution in [0.15, 0.2) is 42.6 Å². The molecule has 166 valence electrons. The molecule has 0 spiro atoms. The molecule has 1 aromatic carbocycles. The second-order valence-electron chi connectivity index (χ2n) is 7.21. The Hall–Kier alpha value is -2.75. The van der Waals surface area contributed by atoms with Crippen molar-refractivity contribution in [2.24, 2.45) is 0 Å². The average molecular weight is 450 g/mol. The van der Waals surface area contributed by atoms with Crippen molar-refractivity contribution in [3.05, 3.63) is 63.4 Å². The predicted octanol–water partition coefficient (Wildman–Crippen LogP) is 3.83. The van der Waals surface area contributed by atoms with Crippen LogP contribution in [-0.4, -0.2) is 46.7 Å². The Morgan fingerprint density at radius 2 is 1.97 bits per heavy atom. The van der Waals surface area contributed by atoms with Crippen LogP contribution in [0.4, 0.5) is 0 Å². The highest BCUT2D eigenvalue weighted by Gasteiger charge is 2.20. The van der Waals surface area contributed by atoms with Gasteiger partial charge in [-0.2, -0.15) is 0 Å². The van der Waals surface area contributed by atoms with E-state index in [0.717, 1.165) is 42.8 Å². The molecule has 1 saturated heterocycles. The summed E-state index contributed by atoms with van der Waals surface area (Å²) in [6, 6.07) is 11.6. The Bertz CT molecular complexity index is 872. The van der Waals surface area contributed by atoms with Crippen molar-refractivity contribution >= 4 is 17.6 Å². The lowest BCUT2D eigenvalue weighted by atomic mass is 10.0. The molecular weight excluding hydrogens is 426 g/mol. The molecule has 1 aliphatic rings. The van der Waals surface area contributed by atoms with Crippen molar-refractivity contribution in [2.45, 2.75) is 38.4 Å². The lowest BCUT2D eigenvalue weighted by Crippen LogP contribution is -2.37. The number of hydrogen-bond donors (Lipinski definition) is 0. The number of aromatic nitrogens is 1. The zero-order valence-electron chi connectivity index (χ0n) is 16.9. The molecule has 0 radical (unpaired) electrons. The van der Waals surface area contributed by atoms with E-state index < -0.39 is 11.1 Å². The molecule has 0 aliphatic carbocycles. The van der Waals surface area contributed by atoms with E-state index in [9.17, 15) is 14.9 Å². The van der Waals surface area contributed by atoms with E-state index in [4.69, 9.17) is 16.3 Å². The van der Waals surface area contributed by atoms with Crippen molar-refractivity contribution < 1.29 is 24.5 Å². The first-order valence-electron chi connectivity index (χ1n) is 10.1. The van der Waals surface area contributed by atoms with Gasteiger partial charge in [-0.3, -0.25) is 9.87 Å². The minimum absolute atomic E-state index is 0.0669. The fourth-order valence-electron chi connectivity index (χ4n) is 3.50. The number of rotatable bonds is 10. The number of hydrogen-bond acceptors (Lipinski definition) is 8. The van der Waals surface area contributed by atoms with Gasteiger partial charge in [0, 0.05) is 36.3 Å². The molecule has 0 unspecified atom stereocenters. The van der Waals surface area contributed by atoms with Crippen LogP contribution in [0.2, 0.25) is 5.02 Å². The van der Waals surface area contributed by atoms with Gasteiger partial charge in [0.2, 0.25) is 0 Å². The van der Waals surface area contributed by atoms with E-state index >= 15 is 0 Å². The molecule has 3 rings (SSSR count). The number of piperidine rings is 1. The summed E-state index contributed by atoms with van der Waals surface area (Å²) in [5.41, 5.74) is 2.97. The van der Waals surface area contributed by atoms with Crippen LogP contribution < -0.4 is 0 Å². The van der Waals surface area contributed by atoms with E-state index in [1.807, 2.05) is 36.4 Å². The summed E-state index contributed by atoms with van der Waals surface area (Å²) >= 11 is 5.99. The Kier molecular flexibility index (Phi) is 8.57. The van der Waals surface area contributed by atoms with E-state index in [1.165, 1.54) is 0 Å². The number of carbonyl (C=O) groups is 1. The number of benzene rings is 1. The molecule has 10 heteroatoms. The van der Waals surface area contributed by atoms with Crippen molar-refractivity contribution in [2.75, 3.05) is 19.6 Å². The summed E-state index contributed by atoms with van der Waals surface area (Å²) < 4.78 is 6.13. The smallest absolute Gasteiger partial charge is 0.343 e. The Balaban J connectivity index is 1.40. The fourth-order valence-corrected chi connectivity index (χ4v) is 3.63. The first-order chi connectivity index (χ1) is 15.0. The van der Waals surface area contributed by atoms with Gasteiger partial charge < -0.3 is 9.64 Å². The van der Waals surface area contributed by atoms with Gasteiger partial charge in [0.15, 0.2) is 0 Å². The van der Waals surface area contributed by atoms with Crippen LogP contribution in [0, 0.1) is 10.1 Å². The first kappa shape index (κ1) is 22.9. The van der Waals surface area contributed by atoms with E-state index in [2.05, 4.69) is 19.8 Å². The summed E-state index contributed by atoms with van der Waals surface area (Å²) in [4.78, 5) is 35.7. The molecule has 1 aromatic heterocycles. The summed E-state index contributed by atoms with van der Waals surface area (Å²) in [7, 11) is 0. The third kappa shape index (κ3) is 7.46. The summed E-state index contributed by atoms with van der Waals surface area (Å²) in [5.74, 6) is -0.748. The van der Waals surface area contributed by atoms with Gasteiger partial charge in [-0.15, -0.1) is 10.1 Å². The van der Waals surface area contributed by atoms with Crippen molar-refractivity contribution in [1.82, 2.24) is 9.88 Å². The minimum Gasteiger partial charge on any atom is -0.372 e. The van der Waals surface area contributed by atoms with Crippen LogP contribution in [0.5, 0.6) is 0 Å². The molecule has 9 nitrogen and oxygen atoms in total. The van der Waals surface area contributed by atoms with Crippen LogP contribution in [-0.2, 0) is 26.0 Å². The van der Waals surface area contributed by atoms with E-state index in [1.54, 1.807) is 6.20 Å². The van der Waals surface area contributed by atoms with E-state index in [-0.39, 0.29) is 12.5 Å². The van der Waals surface area contributed by atoms with Crippen LogP contribution in [0.25, 0.3) is 11.1 Å². The molecule has 0 atom stereocenters. The fraction of sp³-hybridized carbons (Fsp3) is 0.429. The Morgan fingerprint density at radius 1 is 1.23 bits per heavy atom. The highest BCUT2D eigenvalue weighted by molar-refractivity contribution is 6.30. The van der Waals surface area contributed by atoms with Crippen LogP contribution in [0.3, 0.4) is 0 Å². The van der Waals surface area contributed by atoms with Gasteiger partial charge in [0.05, 0.1) is 18.4 Å². The molecule has 1 aliphatic heterocycles. The van der Waals surface area contributed by atoms with Gasteiger partial charge in [-0.1, -0.05) is 34.8 Å². The molecular formula is C21H24ClN3O6. The third-order valence-corrected chi connectivity index (χ3v) is 5.33. The number of ether oxygens (including phenoxy) is 1. The molecule has 0 bridgehead atoms. The van der Waals surface area contributed by atoms with Crippen molar-refractivity contribution in [3.8, 4) is 11.1 Å². The zero-order chi connectivity index (χ0) is 22.1. The van der Waals surface area contributed by atoms with Crippen LogP contribution >= 0.6 is 11.6 Å². The number of halogens is 1. The van der Waals surface area contributed by atoms with Gasteiger partial charge >= 0.3 is 11.1 Å². The Morgan fingerprint density at radius 3 is 2.68 bits per heavy atom. The Labute approximate surface area is 184 Å². The third-order valence-electron chi connectivity index (χ3n) is 5.08. The summed E-state index contributed by atoms with van der Waals surface area (Å²) in [6.45, 7) is 2.86. The van der Waals surface area contributed by atoms with Crippen LogP contribution in [0.1, 0.15) is 31.4 Å². The molecule has 2 heterocycles. The van der Waals surface area contributed by atoms with Gasteiger partial charge in [-0.05, 0) is 49.6 Å². The first-order valence-corrected chi connectivity index (χ1v) is 10.4. The lowest BCUT2D eigenvalue weighted by molar-refractivity contribution is -0.839. The molecule has 31 heavy (non-hydrogen) atoms. The lowest BCUT2D eigenvalue weighted by Gasteiger charge is -2.31. The maximum absolute atomic E-state index is 11.3. The number of carbonyl (C=O) groups excluding carboxylic acids is 1. The largest absolute Gasteiger partial charge is 0.372 e. The molecule has 0 N–H and O–H groups in total. The molecule has 2 aromatic rings. The average Bonchev–Trinajstić information content (AvgIpc) is 2.78. The quantitative estimate of drug-likeness (QED) is 0.306.